The molecule has 1 atom stereocenters. The Kier molecular flexibility index (Phi) is 4.64. The third-order valence-electron chi connectivity index (χ3n) is 5.27. The maximum absolute atomic E-state index is 5.93. The van der Waals surface area contributed by atoms with Crippen LogP contribution in [-0.4, -0.2) is 36.5 Å². The van der Waals surface area contributed by atoms with Gasteiger partial charge in [-0.1, -0.05) is 47.3 Å². The van der Waals surface area contributed by atoms with Crippen LogP contribution >= 0.6 is 11.8 Å². The minimum atomic E-state index is -0.439. The highest BCUT2D eigenvalue weighted by atomic mass is 32.2. The predicted molar refractivity (Wildman–Crippen MR) is 118 cm³/mol. The lowest BCUT2D eigenvalue weighted by atomic mass is 10.2. The number of fused-ring (bicyclic) bond motifs is 4. The lowest BCUT2D eigenvalue weighted by Crippen LogP contribution is -2.21. The average Bonchev–Trinajstić information content (AvgIpc) is 3.44. The van der Waals surface area contributed by atoms with Crippen LogP contribution in [0.2, 0.25) is 0 Å². The van der Waals surface area contributed by atoms with E-state index in [1.165, 1.54) is 11.8 Å². The van der Waals surface area contributed by atoms with Gasteiger partial charge in [0, 0.05) is 11.9 Å². The molecule has 0 saturated carbocycles. The Balaban J connectivity index is 1.20. The van der Waals surface area contributed by atoms with E-state index in [1.54, 1.807) is 0 Å². The zero-order chi connectivity index (χ0) is 21.5. The van der Waals surface area contributed by atoms with Crippen LogP contribution in [0.5, 0.6) is 11.5 Å². The van der Waals surface area contributed by atoms with Gasteiger partial charge in [-0.2, -0.15) is 4.98 Å². The number of aryl methyl sites for hydroxylation is 1. The molecule has 160 valence electrons. The van der Waals surface area contributed by atoms with Crippen molar-refractivity contribution in [2.24, 2.45) is 0 Å². The molecule has 0 radical (unpaired) electrons. The van der Waals surface area contributed by atoms with Gasteiger partial charge in [-0.25, -0.2) is 4.98 Å². The van der Waals surface area contributed by atoms with Crippen molar-refractivity contribution in [3.05, 3.63) is 60.2 Å². The predicted octanol–water partition coefficient (Wildman–Crippen LogP) is 4.19. The maximum atomic E-state index is 5.93. The van der Waals surface area contributed by atoms with Crippen molar-refractivity contribution in [3.63, 3.8) is 0 Å². The Labute approximate surface area is 186 Å². The molecule has 3 aromatic heterocycles. The molecule has 0 saturated heterocycles. The van der Waals surface area contributed by atoms with Crippen molar-refractivity contribution in [2.75, 3.05) is 6.61 Å². The minimum absolute atomic E-state index is 0.317. The van der Waals surface area contributed by atoms with E-state index in [9.17, 15) is 0 Å². The molecule has 1 aliphatic rings. The smallest absolute Gasteiger partial charge is 0.271 e. The number of hydrogen-bond acceptors (Lipinski definition) is 9. The van der Waals surface area contributed by atoms with Gasteiger partial charge in [0.25, 0.3) is 5.89 Å². The summed E-state index contributed by atoms with van der Waals surface area (Å²) in [6.07, 6.45) is -0.439. The summed E-state index contributed by atoms with van der Waals surface area (Å²) in [7, 11) is 0. The van der Waals surface area contributed by atoms with Crippen LogP contribution in [0, 0.1) is 0 Å². The first kappa shape index (κ1) is 19.1. The van der Waals surface area contributed by atoms with Gasteiger partial charge in [0.15, 0.2) is 23.0 Å². The summed E-state index contributed by atoms with van der Waals surface area (Å²) in [6.45, 7) is 3.21. The second-order valence-corrected chi connectivity index (χ2v) is 8.17. The van der Waals surface area contributed by atoms with Crippen molar-refractivity contribution < 1.29 is 14.0 Å². The summed E-state index contributed by atoms with van der Waals surface area (Å²) in [5.41, 5.74) is 2.74. The lowest BCUT2D eigenvalue weighted by Gasteiger charge is -2.23. The summed E-state index contributed by atoms with van der Waals surface area (Å²) < 4.78 is 19.2. The standard InChI is InChI=1S/C22H18N6O3S/c1-2-28-14-8-4-3-7-13(14)19-20(28)24-22(26-25-19)32-12-18-23-21(31-27-18)17-11-29-15-9-5-6-10-16(15)30-17/h3-10,17H,2,11-12H2,1H3/t17-/m0/s1. The van der Waals surface area contributed by atoms with Gasteiger partial charge in [0.1, 0.15) is 12.1 Å². The number of thioether (sulfide) groups is 1. The molecular weight excluding hydrogens is 428 g/mol. The Morgan fingerprint density at radius 1 is 1.03 bits per heavy atom. The highest BCUT2D eigenvalue weighted by molar-refractivity contribution is 7.98. The SMILES string of the molecule is CCn1c2ccccc2c2nnc(SCc3noc([C@@H]4COc5ccccc5O4)n3)nc21. The molecule has 9 nitrogen and oxygen atoms in total. The highest BCUT2D eigenvalue weighted by Gasteiger charge is 2.27. The van der Waals surface area contributed by atoms with Gasteiger partial charge in [-0.3, -0.25) is 0 Å². The molecule has 32 heavy (non-hydrogen) atoms. The molecule has 4 heterocycles. The third kappa shape index (κ3) is 3.23. The summed E-state index contributed by atoms with van der Waals surface area (Å²) >= 11 is 1.41. The molecule has 0 aliphatic carbocycles. The summed E-state index contributed by atoms with van der Waals surface area (Å²) in [5, 5.41) is 14.4. The van der Waals surface area contributed by atoms with Crippen LogP contribution < -0.4 is 9.47 Å². The largest absolute Gasteiger partial charge is 0.485 e. The summed E-state index contributed by atoms with van der Waals surface area (Å²) in [6, 6.07) is 15.6. The fourth-order valence-corrected chi connectivity index (χ4v) is 4.42. The van der Waals surface area contributed by atoms with E-state index in [1.807, 2.05) is 42.5 Å². The van der Waals surface area contributed by atoms with E-state index >= 15 is 0 Å². The number of nitrogens with zero attached hydrogens (tertiary/aromatic N) is 6. The van der Waals surface area contributed by atoms with Crippen molar-refractivity contribution in [1.82, 2.24) is 29.9 Å². The van der Waals surface area contributed by atoms with Crippen molar-refractivity contribution in [1.29, 1.82) is 0 Å². The van der Waals surface area contributed by atoms with Crippen LogP contribution in [0.4, 0.5) is 0 Å². The molecule has 0 unspecified atom stereocenters. The first-order valence-electron chi connectivity index (χ1n) is 10.3. The van der Waals surface area contributed by atoms with E-state index < -0.39 is 6.10 Å². The Morgan fingerprint density at radius 2 is 1.88 bits per heavy atom. The van der Waals surface area contributed by atoms with Gasteiger partial charge in [-0.15, -0.1) is 10.2 Å². The number of rotatable bonds is 5. The molecule has 0 N–H and O–H groups in total. The summed E-state index contributed by atoms with van der Waals surface area (Å²) in [4.78, 5) is 9.21. The van der Waals surface area contributed by atoms with E-state index in [0.717, 1.165) is 28.6 Å². The van der Waals surface area contributed by atoms with Gasteiger partial charge in [0.2, 0.25) is 11.3 Å². The molecule has 0 spiro atoms. The third-order valence-corrected chi connectivity index (χ3v) is 6.10. The maximum Gasteiger partial charge on any atom is 0.271 e. The fourth-order valence-electron chi connectivity index (χ4n) is 3.80. The Morgan fingerprint density at radius 3 is 2.78 bits per heavy atom. The van der Waals surface area contributed by atoms with Crippen molar-refractivity contribution in [2.45, 2.75) is 30.5 Å². The molecular formula is C22H18N6O3S. The molecule has 2 aromatic carbocycles. The van der Waals surface area contributed by atoms with E-state index in [2.05, 4.69) is 37.9 Å². The number of aromatic nitrogens is 6. The van der Waals surface area contributed by atoms with Gasteiger partial charge >= 0.3 is 0 Å². The van der Waals surface area contributed by atoms with Crippen molar-refractivity contribution >= 4 is 33.8 Å². The zero-order valence-electron chi connectivity index (χ0n) is 17.1. The normalized spacial score (nSPS) is 15.5. The van der Waals surface area contributed by atoms with Crippen LogP contribution in [0.25, 0.3) is 22.1 Å². The van der Waals surface area contributed by atoms with E-state index in [4.69, 9.17) is 19.0 Å². The molecule has 1 aliphatic heterocycles. The molecule has 0 bridgehead atoms. The molecule has 0 amide bonds. The number of benzene rings is 2. The fraction of sp³-hybridized carbons (Fsp3) is 0.227. The Bertz CT molecular complexity index is 1430. The van der Waals surface area contributed by atoms with Crippen LogP contribution in [0.1, 0.15) is 24.7 Å². The van der Waals surface area contributed by atoms with Gasteiger partial charge in [-0.05, 0) is 25.1 Å². The summed E-state index contributed by atoms with van der Waals surface area (Å²) in [5.74, 6) is 2.75. The molecule has 6 rings (SSSR count). The molecule has 5 aromatic rings. The number of para-hydroxylation sites is 3. The van der Waals surface area contributed by atoms with Crippen LogP contribution in [0.3, 0.4) is 0 Å². The molecule has 0 fully saturated rings. The molecule has 10 heteroatoms. The lowest BCUT2D eigenvalue weighted by molar-refractivity contribution is 0.0665. The Hall–Kier alpha value is -3.66. The van der Waals surface area contributed by atoms with Crippen LogP contribution in [0.15, 0.2) is 58.2 Å². The first-order valence-corrected chi connectivity index (χ1v) is 11.2. The monoisotopic (exact) mass is 446 g/mol. The van der Waals surface area contributed by atoms with Gasteiger partial charge in [0.05, 0.1) is 11.3 Å². The van der Waals surface area contributed by atoms with Gasteiger partial charge < -0.3 is 18.6 Å². The quantitative estimate of drug-likeness (QED) is 0.368. The highest BCUT2D eigenvalue weighted by Crippen LogP contribution is 2.35. The number of ether oxygens (including phenoxy) is 2. The van der Waals surface area contributed by atoms with E-state index in [0.29, 0.717) is 40.7 Å². The van der Waals surface area contributed by atoms with Crippen molar-refractivity contribution in [3.8, 4) is 11.5 Å². The van der Waals surface area contributed by atoms with E-state index in [-0.39, 0.29) is 0 Å². The first-order chi connectivity index (χ1) is 15.8. The zero-order valence-corrected chi connectivity index (χ0v) is 18.0. The second kappa shape index (κ2) is 7.79. The average molecular weight is 446 g/mol. The minimum Gasteiger partial charge on any atom is -0.485 e. The van der Waals surface area contributed by atoms with Crippen LogP contribution in [-0.2, 0) is 12.3 Å². The second-order valence-electron chi connectivity index (χ2n) is 7.23. The number of hydrogen-bond donors (Lipinski definition) is 0. The topological polar surface area (TPSA) is 101 Å².